The molecular weight excluding hydrogens is 593 g/mol. The van der Waals surface area contributed by atoms with Crippen LogP contribution in [0.5, 0.6) is 0 Å². The van der Waals surface area contributed by atoms with Gasteiger partial charge in [0.05, 0.1) is 0 Å². The maximum atomic E-state index is 5.73. The Bertz CT molecular complexity index is 551. The van der Waals surface area contributed by atoms with Crippen LogP contribution in [0.25, 0.3) is 0 Å². The summed E-state index contributed by atoms with van der Waals surface area (Å²) in [5.74, 6) is 1.84. The van der Waals surface area contributed by atoms with E-state index in [1.54, 1.807) is 21.3 Å². The fourth-order valence-electron chi connectivity index (χ4n) is 7.79. The topological polar surface area (TPSA) is 27.7 Å². The highest BCUT2D eigenvalue weighted by atomic mass is 28.4. The highest BCUT2D eigenvalue weighted by Gasteiger charge is 2.36. The maximum absolute atomic E-state index is 5.73. The first-order valence-electron chi connectivity index (χ1n) is 21.8. The van der Waals surface area contributed by atoms with Crippen molar-refractivity contribution in [3.05, 3.63) is 0 Å². The highest BCUT2D eigenvalue weighted by Crippen LogP contribution is 2.32. The summed E-state index contributed by atoms with van der Waals surface area (Å²) in [6.45, 7) is 6.96. The van der Waals surface area contributed by atoms with Gasteiger partial charge in [-0.1, -0.05) is 226 Å². The van der Waals surface area contributed by atoms with Crippen molar-refractivity contribution < 1.29 is 13.3 Å². The minimum atomic E-state index is -2.45. The third kappa shape index (κ3) is 30.6. The minimum Gasteiger partial charge on any atom is -0.377 e. The van der Waals surface area contributed by atoms with E-state index in [9.17, 15) is 0 Å². The van der Waals surface area contributed by atoms with Crippen LogP contribution >= 0.6 is 0 Å². The van der Waals surface area contributed by atoms with Gasteiger partial charge in [0.2, 0.25) is 0 Å². The molecule has 1 unspecified atom stereocenters. The van der Waals surface area contributed by atoms with Gasteiger partial charge >= 0.3 is 8.80 Å². The van der Waals surface area contributed by atoms with Gasteiger partial charge in [-0.05, 0) is 24.7 Å². The van der Waals surface area contributed by atoms with Crippen molar-refractivity contribution in [2.75, 3.05) is 21.3 Å². The molecule has 0 aromatic rings. The largest absolute Gasteiger partial charge is 0.500 e. The molecule has 284 valence electrons. The van der Waals surface area contributed by atoms with Crippen LogP contribution in [0, 0.1) is 11.8 Å². The predicted octanol–water partition coefficient (Wildman–Crippen LogP) is 15.4. The van der Waals surface area contributed by atoms with Crippen molar-refractivity contribution in [3.8, 4) is 0 Å². The molecule has 0 saturated heterocycles. The number of hydrogen-bond donors (Lipinski definition) is 0. The summed E-state index contributed by atoms with van der Waals surface area (Å²) in [4.78, 5) is 0. The van der Waals surface area contributed by atoms with Crippen LogP contribution in [-0.4, -0.2) is 30.1 Å². The molecule has 0 N–H and O–H groups in total. The molecule has 4 heteroatoms. The van der Waals surface area contributed by atoms with E-state index in [0.717, 1.165) is 24.3 Å². The molecule has 0 aliphatic rings. The van der Waals surface area contributed by atoms with Crippen molar-refractivity contribution in [2.45, 2.75) is 245 Å². The van der Waals surface area contributed by atoms with E-state index in [1.807, 2.05) is 0 Å². The highest BCUT2D eigenvalue weighted by molar-refractivity contribution is 6.60. The number of unbranched alkanes of at least 4 members (excludes halogenated alkanes) is 25. The molecule has 3 nitrogen and oxygen atoms in total. The zero-order valence-electron chi connectivity index (χ0n) is 33.6. The monoisotopic (exact) mass is 683 g/mol. The van der Waals surface area contributed by atoms with Crippen molar-refractivity contribution >= 4 is 8.80 Å². The second-order valence-electron chi connectivity index (χ2n) is 15.4. The average molecular weight is 683 g/mol. The van der Waals surface area contributed by atoms with Gasteiger partial charge in [-0.3, -0.25) is 0 Å². The maximum Gasteiger partial charge on any atom is 0.500 e. The van der Waals surface area contributed by atoms with Gasteiger partial charge in [0.1, 0.15) is 0 Å². The predicted molar refractivity (Wildman–Crippen MR) is 213 cm³/mol. The Morgan fingerprint density at radius 3 is 0.809 bits per heavy atom. The second-order valence-corrected chi connectivity index (χ2v) is 18.5. The summed E-state index contributed by atoms with van der Waals surface area (Å²) < 4.78 is 17.2. The Kier molecular flexibility index (Phi) is 37.4. The Hall–Kier alpha value is 0.0969. The second kappa shape index (κ2) is 37.4. The molecule has 0 radical (unpaired) electrons. The van der Waals surface area contributed by atoms with Gasteiger partial charge in [0, 0.05) is 27.4 Å². The minimum absolute atomic E-state index is 0.894. The third-order valence-electron chi connectivity index (χ3n) is 11.1. The molecule has 0 bridgehead atoms. The zero-order chi connectivity index (χ0) is 34.5. The van der Waals surface area contributed by atoms with Gasteiger partial charge in [-0.2, -0.15) is 0 Å². The molecule has 0 rings (SSSR count). The molecule has 0 aliphatic carbocycles. The van der Waals surface area contributed by atoms with E-state index in [1.165, 1.54) is 212 Å². The molecule has 0 aliphatic heterocycles. The van der Waals surface area contributed by atoms with Crippen LogP contribution in [0.4, 0.5) is 0 Å². The van der Waals surface area contributed by atoms with Crippen LogP contribution < -0.4 is 0 Å². The summed E-state index contributed by atoms with van der Waals surface area (Å²) >= 11 is 0. The molecule has 0 heterocycles. The molecule has 0 aromatic heterocycles. The van der Waals surface area contributed by atoms with Crippen molar-refractivity contribution in [1.29, 1.82) is 0 Å². The summed E-state index contributed by atoms with van der Waals surface area (Å²) in [7, 11) is 2.83. The standard InChI is InChI=1S/C43H90O3Si/c1-7-10-13-16-19-22-25-28-31-36-42(37-32-29-26-23-20-17-14-11-8-2)41-43(38-33-30-27-24-21-18-15-12-9-3)39-34-35-40-47(44-4,45-5)46-6/h42-43H,7-41H2,1-6H3. The van der Waals surface area contributed by atoms with Gasteiger partial charge in [0.15, 0.2) is 0 Å². The summed E-state index contributed by atoms with van der Waals surface area (Å²) in [5.41, 5.74) is 0. The van der Waals surface area contributed by atoms with Gasteiger partial charge in [-0.25, -0.2) is 0 Å². The van der Waals surface area contributed by atoms with Crippen LogP contribution in [0.1, 0.15) is 239 Å². The van der Waals surface area contributed by atoms with E-state index in [0.29, 0.717) is 0 Å². The van der Waals surface area contributed by atoms with Crippen LogP contribution in [0.15, 0.2) is 0 Å². The number of hydrogen-bond acceptors (Lipinski definition) is 3. The Morgan fingerprint density at radius 1 is 0.319 bits per heavy atom. The van der Waals surface area contributed by atoms with Crippen LogP contribution in [0.2, 0.25) is 6.04 Å². The lowest BCUT2D eigenvalue weighted by Crippen LogP contribution is -2.42. The smallest absolute Gasteiger partial charge is 0.377 e. The first-order chi connectivity index (χ1) is 23.1. The molecule has 0 spiro atoms. The molecule has 1 atom stereocenters. The quantitative estimate of drug-likeness (QED) is 0.0475. The Balaban J connectivity index is 4.92. The van der Waals surface area contributed by atoms with E-state index < -0.39 is 8.80 Å². The molecule has 0 aromatic carbocycles. The lowest BCUT2D eigenvalue weighted by molar-refractivity contribution is 0.122. The fourth-order valence-corrected chi connectivity index (χ4v) is 9.59. The van der Waals surface area contributed by atoms with Crippen molar-refractivity contribution in [2.24, 2.45) is 11.8 Å². The molecule has 47 heavy (non-hydrogen) atoms. The van der Waals surface area contributed by atoms with Gasteiger partial charge in [-0.15, -0.1) is 0 Å². The first kappa shape index (κ1) is 47.1. The number of rotatable bonds is 40. The average Bonchev–Trinajstić information content (AvgIpc) is 3.09. The SMILES string of the molecule is CCCCCCCCCCCC(CCCCCCCCCCC)CC(CCCCCCCCCCC)CCCC[Si](OC)(OC)OC. The van der Waals surface area contributed by atoms with Crippen LogP contribution in [0.3, 0.4) is 0 Å². The van der Waals surface area contributed by atoms with E-state index in [-0.39, 0.29) is 0 Å². The van der Waals surface area contributed by atoms with Crippen molar-refractivity contribution in [3.63, 3.8) is 0 Å². The molecule has 0 fully saturated rings. The summed E-state index contributed by atoms with van der Waals surface area (Å²) in [6, 6.07) is 0.946. The van der Waals surface area contributed by atoms with Crippen LogP contribution in [-0.2, 0) is 13.3 Å². The fraction of sp³-hybridized carbons (Fsp3) is 1.00. The summed E-state index contributed by atoms with van der Waals surface area (Å²) in [6.07, 6.45) is 48.6. The van der Waals surface area contributed by atoms with Gasteiger partial charge < -0.3 is 13.3 Å². The first-order valence-corrected chi connectivity index (χ1v) is 23.7. The lowest BCUT2D eigenvalue weighted by Gasteiger charge is -2.26. The lowest BCUT2D eigenvalue weighted by atomic mass is 9.82. The Morgan fingerprint density at radius 2 is 0.553 bits per heavy atom. The van der Waals surface area contributed by atoms with E-state index in [2.05, 4.69) is 20.8 Å². The normalized spacial score (nSPS) is 12.8. The summed E-state index contributed by atoms with van der Waals surface area (Å²) in [5, 5.41) is 0. The molecule has 0 saturated carbocycles. The van der Waals surface area contributed by atoms with Gasteiger partial charge in [0.25, 0.3) is 0 Å². The molecule has 0 amide bonds. The zero-order valence-corrected chi connectivity index (χ0v) is 34.6. The molecular formula is C43H90O3Si. The van der Waals surface area contributed by atoms with E-state index >= 15 is 0 Å². The third-order valence-corrected chi connectivity index (χ3v) is 13.9. The van der Waals surface area contributed by atoms with E-state index in [4.69, 9.17) is 13.3 Å². The Labute approximate surface area is 299 Å². The van der Waals surface area contributed by atoms with Crippen molar-refractivity contribution in [1.82, 2.24) is 0 Å².